The summed E-state index contributed by atoms with van der Waals surface area (Å²) >= 11 is 15.0. The van der Waals surface area contributed by atoms with Gasteiger partial charge in [-0.05, 0) is 72.3 Å². The lowest BCUT2D eigenvalue weighted by Crippen LogP contribution is -2.42. The quantitative estimate of drug-likeness (QED) is 0.581. The topological polar surface area (TPSA) is 42.5 Å². The summed E-state index contributed by atoms with van der Waals surface area (Å²) in [5.41, 5.74) is 1.58. The molecule has 0 fully saturated rings. The van der Waals surface area contributed by atoms with Crippen LogP contribution in [0.4, 0.5) is 5.69 Å². The summed E-state index contributed by atoms with van der Waals surface area (Å²) in [6, 6.07) is 11.5. The number of halogens is 2. The fourth-order valence-electron chi connectivity index (χ4n) is 2.99. The Morgan fingerprint density at radius 1 is 1.31 bits per heavy atom. The number of thiocarbonyl (C=S) groups is 1. The number of nitrogens with one attached hydrogen (secondary N) is 2. The zero-order chi connectivity index (χ0) is 18.9. The van der Waals surface area contributed by atoms with E-state index in [9.17, 15) is 0 Å². The minimum absolute atomic E-state index is 0.0329. The van der Waals surface area contributed by atoms with Crippen LogP contribution in [0.5, 0.6) is 11.5 Å². The number of ether oxygens (including phenoxy) is 2. The van der Waals surface area contributed by atoms with Crippen molar-refractivity contribution in [3.05, 3.63) is 51.5 Å². The van der Waals surface area contributed by atoms with Crippen LogP contribution in [0.3, 0.4) is 0 Å². The summed E-state index contributed by atoms with van der Waals surface area (Å²) < 4.78 is 12.3. The van der Waals surface area contributed by atoms with E-state index in [4.69, 9.17) is 33.3 Å². The third kappa shape index (κ3) is 4.42. The first-order valence-corrected chi connectivity index (χ1v) is 9.75. The van der Waals surface area contributed by atoms with Crippen molar-refractivity contribution in [2.45, 2.75) is 31.9 Å². The van der Waals surface area contributed by atoms with E-state index in [0.29, 0.717) is 10.1 Å². The van der Waals surface area contributed by atoms with Gasteiger partial charge in [-0.25, -0.2) is 0 Å². The molecular weight excluding hydrogens is 436 g/mol. The minimum Gasteiger partial charge on any atom is -0.497 e. The number of methoxy groups -OCH3 is 1. The molecule has 0 aromatic heterocycles. The Morgan fingerprint density at radius 2 is 2.08 bits per heavy atom. The van der Waals surface area contributed by atoms with E-state index in [1.54, 1.807) is 7.11 Å². The summed E-state index contributed by atoms with van der Waals surface area (Å²) in [5, 5.41) is 7.75. The number of benzene rings is 2. The molecule has 3 rings (SSSR count). The van der Waals surface area contributed by atoms with Crippen molar-refractivity contribution in [1.29, 1.82) is 0 Å². The van der Waals surface area contributed by atoms with Crippen LogP contribution in [0.15, 0.2) is 40.9 Å². The molecule has 138 valence electrons. The molecule has 7 heteroatoms. The monoisotopic (exact) mass is 454 g/mol. The molecule has 1 unspecified atom stereocenters. The second-order valence-electron chi connectivity index (χ2n) is 6.75. The number of rotatable bonds is 3. The van der Waals surface area contributed by atoms with Gasteiger partial charge >= 0.3 is 0 Å². The smallest absolute Gasteiger partial charge is 0.171 e. The normalized spacial score (nSPS) is 17.7. The molecule has 2 aromatic carbocycles. The van der Waals surface area contributed by atoms with Crippen molar-refractivity contribution in [3.63, 3.8) is 0 Å². The van der Waals surface area contributed by atoms with E-state index < -0.39 is 0 Å². The van der Waals surface area contributed by atoms with Crippen LogP contribution in [-0.4, -0.2) is 17.8 Å². The van der Waals surface area contributed by atoms with Crippen LogP contribution in [0.25, 0.3) is 0 Å². The third-order valence-corrected chi connectivity index (χ3v) is 5.61. The van der Waals surface area contributed by atoms with E-state index in [0.717, 1.165) is 33.6 Å². The van der Waals surface area contributed by atoms with E-state index in [2.05, 4.69) is 40.4 Å². The Balaban J connectivity index is 1.78. The SMILES string of the molecule is COc1ccc2c(c1)OC(C)(C)CC2NC(=S)Nc1ccc(Br)c(Cl)c1. The van der Waals surface area contributed by atoms with E-state index in [1.165, 1.54) is 0 Å². The van der Waals surface area contributed by atoms with Crippen molar-refractivity contribution in [1.82, 2.24) is 5.32 Å². The molecule has 26 heavy (non-hydrogen) atoms. The fourth-order valence-corrected chi connectivity index (χ4v) is 3.67. The summed E-state index contributed by atoms with van der Waals surface area (Å²) in [4.78, 5) is 0. The van der Waals surface area contributed by atoms with Crippen molar-refractivity contribution in [2.24, 2.45) is 0 Å². The number of fused-ring (bicyclic) bond motifs is 1. The van der Waals surface area contributed by atoms with Crippen LogP contribution in [0, 0.1) is 0 Å². The van der Waals surface area contributed by atoms with Crippen molar-refractivity contribution in [2.75, 3.05) is 12.4 Å². The molecule has 1 aliphatic heterocycles. The van der Waals surface area contributed by atoms with E-state index in [-0.39, 0.29) is 11.6 Å². The molecule has 0 saturated heterocycles. The zero-order valence-corrected chi connectivity index (χ0v) is 17.9. The highest BCUT2D eigenvalue weighted by Gasteiger charge is 2.34. The van der Waals surface area contributed by atoms with Crippen LogP contribution in [-0.2, 0) is 0 Å². The predicted molar refractivity (Wildman–Crippen MR) is 114 cm³/mol. The maximum Gasteiger partial charge on any atom is 0.171 e. The second kappa shape index (κ2) is 7.62. The van der Waals surface area contributed by atoms with Gasteiger partial charge in [0.25, 0.3) is 0 Å². The van der Waals surface area contributed by atoms with Gasteiger partial charge in [0.15, 0.2) is 5.11 Å². The average molecular weight is 456 g/mol. The first-order chi connectivity index (χ1) is 12.3. The Bertz CT molecular complexity index is 844. The summed E-state index contributed by atoms with van der Waals surface area (Å²) in [5.74, 6) is 1.58. The highest BCUT2D eigenvalue weighted by molar-refractivity contribution is 9.10. The van der Waals surface area contributed by atoms with Crippen molar-refractivity contribution >= 4 is 50.5 Å². The number of anilines is 1. The molecule has 4 nitrogen and oxygen atoms in total. The van der Waals surface area contributed by atoms with Gasteiger partial charge in [-0.1, -0.05) is 11.6 Å². The van der Waals surface area contributed by atoms with Gasteiger partial charge in [0.05, 0.1) is 18.2 Å². The van der Waals surface area contributed by atoms with Gasteiger partial charge in [-0.15, -0.1) is 0 Å². The van der Waals surface area contributed by atoms with Crippen molar-refractivity contribution in [3.8, 4) is 11.5 Å². The van der Waals surface area contributed by atoms with Crippen LogP contribution < -0.4 is 20.1 Å². The van der Waals surface area contributed by atoms with Gasteiger partial charge in [0, 0.05) is 28.2 Å². The molecule has 0 radical (unpaired) electrons. The second-order valence-corrected chi connectivity index (χ2v) is 8.42. The number of hydrogen-bond acceptors (Lipinski definition) is 3. The Hall–Kier alpha value is -1.50. The lowest BCUT2D eigenvalue weighted by molar-refractivity contribution is 0.0693. The molecule has 1 atom stereocenters. The van der Waals surface area contributed by atoms with Gasteiger partial charge in [0.2, 0.25) is 0 Å². The number of hydrogen-bond donors (Lipinski definition) is 2. The third-order valence-electron chi connectivity index (χ3n) is 4.16. The Labute approximate surface area is 172 Å². The largest absolute Gasteiger partial charge is 0.497 e. The van der Waals surface area contributed by atoms with Crippen LogP contribution in [0.1, 0.15) is 31.9 Å². The minimum atomic E-state index is -0.312. The van der Waals surface area contributed by atoms with Gasteiger partial charge < -0.3 is 20.1 Å². The zero-order valence-electron chi connectivity index (χ0n) is 14.7. The molecule has 1 aliphatic rings. The molecule has 2 aromatic rings. The first kappa shape index (κ1) is 19.3. The molecule has 0 saturated carbocycles. The summed E-state index contributed by atoms with van der Waals surface area (Å²) in [6.45, 7) is 4.13. The Kier molecular flexibility index (Phi) is 5.65. The van der Waals surface area contributed by atoms with E-state index in [1.807, 2.05) is 36.4 Å². The summed E-state index contributed by atoms with van der Waals surface area (Å²) in [6.07, 6.45) is 0.787. The molecular formula is C19H20BrClN2O2S. The average Bonchev–Trinajstić information content (AvgIpc) is 2.56. The standard InChI is InChI=1S/C19H20BrClN2O2S/c1-19(2)10-16(13-6-5-12(24-3)9-17(13)25-19)23-18(26)22-11-4-7-14(20)15(21)8-11/h4-9,16H,10H2,1-3H3,(H2,22,23,26). The van der Waals surface area contributed by atoms with Crippen LogP contribution >= 0.6 is 39.7 Å². The molecule has 0 aliphatic carbocycles. The van der Waals surface area contributed by atoms with Gasteiger partial charge in [0.1, 0.15) is 17.1 Å². The predicted octanol–water partition coefficient (Wildman–Crippen LogP) is 5.70. The van der Waals surface area contributed by atoms with Crippen molar-refractivity contribution < 1.29 is 9.47 Å². The molecule has 0 bridgehead atoms. The lowest BCUT2D eigenvalue weighted by Gasteiger charge is -2.38. The van der Waals surface area contributed by atoms with Crippen LogP contribution in [0.2, 0.25) is 5.02 Å². The maximum absolute atomic E-state index is 6.14. The van der Waals surface area contributed by atoms with Gasteiger partial charge in [-0.3, -0.25) is 0 Å². The maximum atomic E-state index is 6.14. The molecule has 2 N–H and O–H groups in total. The highest BCUT2D eigenvalue weighted by Crippen LogP contribution is 2.41. The lowest BCUT2D eigenvalue weighted by atomic mass is 9.89. The highest BCUT2D eigenvalue weighted by atomic mass is 79.9. The summed E-state index contributed by atoms with van der Waals surface area (Å²) in [7, 11) is 1.65. The first-order valence-electron chi connectivity index (χ1n) is 8.17. The Morgan fingerprint density at radius 3 is 2.77 bits per heavy atom. The molecule has 1 heterocycles. The van der Waals surface area contributed by atoms with E-state index >= 15 is 0 Å². The molecule has 0 spiro atoms. The fraction of sp³-hybridized carbons (Fsp3) is 0.316. The van der Waals surface area contributed by atoms with Gasteiger partial charge in [-0.2, -0.15) is 0 Å². The molecule has 0 amide bonds.